The third-order valence-electron chi connectivity index (χ3n) is 5.87. The van der Waals surface area contributed by atoms with Gasteiger partial charge in [-0.25, -0.2) is 17.9 Å². The first-order valence-corrected chi connectivity index (χ1v) is 12.9. The second-order valence-corrected chi connectivity index (χ2v) is 10.8. The molecule has 0 aromatic carbocycles. The fourth-order valence-corrected chi connectivity index (χ4v) is 6.62. The van der Waals surface area contributed by atoms with Crippen LogP contribution in [-0.2, 0) is 16.6 Å². The summed E-state index contributed by atoms with van der Waals surface area (Å²) in [5.41, 5.74) is 3.60. The monoisotopic (exact) mass is 485 g/mol. The van der Waals surface area contributed by atoms with Crippen LogP contribution in [0.4, 0.5) is 0 Å². The molecule has 0 saturated carbocycles. The van der Waals surface area contributed by atoms with Crippen molar-refractivity contribution in [2.24, 2.45) is 0 Å². The van der Waals surface area contributed by atoms with E-state index >= 15 is 0 Å². The second-order valence-electron chi connectivity index (χ2n) is 7.72. The fraction of sp³-hybridized carbons (Fsp3) is 0.333. The number of sulfonamides is 1. The van der Waals surface area contributed by atoms with Crippen LogP contribution in [0.1, 0.15) is 23.1 Å². The zero-order chi connectivity index (χ0) is 23.2. The molecule has 0 aliphatic carbocycles. The summed E-state index contributed by atoms with van der Waals surface area (Å²) in [4.78, 5) is 19.2. The molecule has 5 rings (SSSR count). The van der Waals surface area contributed by atoms with Gasteiger partial charge >= 0.3 is 0 Å². The van der Waals surface area contributed by atoms with E-state index < -0.39 is 10.0 Å². The number of aromatic nitrogens is 5. The van der Waals surface area contributed by atoms with Crippen LogP contribution in [0, 0.1) is 6.92 Å². The lowest BCUT2D eigenvalue weighted by Gasteiger charge is -2.33. The van der Waals surface area contributed by atoms with Gasteiger partial charge in [0.2, 0.25) is 0 Å². The zero-order valence-electron chi connectivity index (χ0n) is 18.2. The Hall–Kier alpha value is -3.09. The van der Waals surface area contributed by atoms with Gasteiger partial charge in [0.25, 0.3) is 15.9 Å². The van der Waals surface area contributed by atoms with Crippen molar-refractivity contribution < 1.29 is 13.2 Å². The fourth-order valence-electron chi connectivity index (χ4n) is 4.05. The molecule has 4 aromatic heterocycles. The van der Waals surface area contributed by atoms with Gasteiger partial charge in [-0.15, -0.1) is 11.3 Å². The number of thiophene rings is 1. The van der Waals surface area contributed by atoms with Crippen molar-refractivity contribution in [2.45, 2.75) is 24.6 Å². The van der Waals surface area contributed by atoms with Gasteiger partial charge < -0.3 is 4.90 Å². The predicted octanol–water partition coefficient (Wildman–Crippen LogP) is 2.13. The van der Waals surface area contributed by atoms with Crippen LogP contribution in [0.2, 0.25) is 0 Å². The van der Waals surface area contributed by atoms with E-state index in [1.165, 1.54) is 15.6 Å². The minimum atomic E-state index is -3.52. The molecule has 172 valence electrons. The summed E-state index contributed by atoms with van der Waals surface area (Å²) in [6.07, 6.45) is 3.49. The molecule has 0 spiro atoms. The first-order chi connectivity index (χ1) is 15.9. The largest absolute Gasteiger partial charge is 0.335 e. The van der Waals surface area contributed by atoms with E-state index in [1.54, 1.807) is 45.4 Å². The molecule has 1 fully saturated rings. The zero-order valence-corrected chi connectivity index (χ0v) is 19.9. The molecule has 10 nitrogen and oxygen atoms in total. The Morgan fingerprint density at radius 3 is 2.64 bits per heavy atom. The van der Waals surface area contributed by atoms with E-state index in [0.717, 1.165) is 23.5 Å². The molecule has 1 saturated heterocycles. The minimum absolute atomic E-state index is 0.236. The molecule has 0 N–H and O–H groups in total. The highest BCUT2D eigenvalue weighted by Crippen LogP contribution is 2.25. The van der Waals surface area contributed by atoms with Gasteiger partial charge in [-0.1, -0.05) is 6.07 Å². The number of piperazine rings is 1. The number of nitrogens with zero attached hydrogens (tertiary/aromatic N) is 7. The Labute approximate surface area is 195 Å². The smallest absolute Gasteiger partial charge is 0.274 e. The Morgan fingerprint density at radius 1 is 1.18 bits per heavy atom. The van der Waals surface area contributed by atoms with Gasteiger partial charge in [0, 0.05) is 56.2 Å². The Morgan fingerprint density at radius 2 is 1.97 bits per heavy atom. The van der Waals surface area contributed by atoms with Gasteiger partial charge in [0.05, 0.1) is 11.9 Å². The quantitative estimate of drug-likeness (QED) is 0.429. The van der Waals surface area contributed by atoms with Crippen LogP contribution < -0.4 is 0 Å². The van der Waals surface area contributed by atoms with Crippen molar-refractivity contribution in [3.63, 3.8) is 0 Å². The number of amides is 1. The lowest BCUT2D eigenvalue weighted by molar-refractivity contribution is 0.0691. The summed E-state index contributed by atoms with van der Waals surface area (Å²) >= 11 is 1.20. The van der Waals surface area contributed by atoms with Crippen LogP contribution in [0.15, 0.2) is 46.2 Å². The minimum Gasteiger partial charge on any atom is -0.335 e. The van der Waals surface area contributed by atoms with Crippen molar-refractivity contribution in [2.75, 3.05) is 26.2 Å². The lowest BCUT2D eigenvalue weighted by atomic mass is 10.2. The summed E-state index contributed by atoms with van der Waals surface area (Å²) in [6, 6.07) is 6.84. The average molecular weight is 486 g/mol. The highest BCUT2D eigenvalue weighted by molar-refractivity contribution is 7.91. The molecule has 12 heteroatoms. The van der Waals surface area contributed by atoms with Crippen molar-refractivity contribution >= 4 is 32.9 Å². The molecule has 0 unspecified atom stereocenters. The molecule has 0 atom stereocenters. The number of aryl methyl sites for hydroxylation is 1. The van der Waals surface area contributed by atoms with E-state index in [4.69, 9.17) is 0 Å². The number of carbonyl (C=O) groups is 1. The molecular weight excluding hydrogens is 462 g/mol. The van der Waals surface area contributed by atoms with E-state index in [2.05, 4.69) is 15.2 Å². The maximum atomic E-state index is 13.2. The molecular formula is C21H23N7O3S2. The van der Waals surface area contributed by atoms with Gasteiger partial charge in [-0.3, -0.25) is 9.48 Å². The van der Waals surface area contributed by atoms with E-state index in [0.29, 0.717) is 22.9 Å². The Bertz CT molecular complexity index is 1420. The molecule has 1 aliphatic heterocycles. The molecule has 33 heavy (non-hydrogen) atoms. The number of rotatable bonds is 5. The van der Waals surface area contributed by atoms with Gasteiger partial charge in [-0.05, 0) is 31.4 Å². The topological polar surface area (TPSA) is 106 Å². The van der Waals surface area contributed by atoms with Crippen LogP contribution in [0.3, 0.4) is 0 Å². The van der Waals surface area contributed by atoms with Crippen molar-refractivity contribution in [1.29, 1.82) is 0 Å². The SMILES string of the molecule is CCn1ncc(-c2ccnc3cc(C(=O)N4CCN(S(=O)(=O)c5cccs5)CC4)nn23)c1C. The molecule has 5 heterocycles. The first kappa shape index (κ1) is 21.7. The molecule has 4 aromatic rings. The van der Waals surface area contributed by atoms with Crippen LogP contribution >= 0.6 is 11.3 Å². The number of carbonyl (C=O) groups excluding carboxylic acids is 1. The third kappa shape index (κ3) is 3.73. The summed E-state index contributed by atoms with van der Waals surface area (Å²) < 4.78 is 30.8. The molecule has 1 aliphatic rings. The molecule has 0 bridgehead atoms. The van der Waals surface area contributed by atoms with E-state index in [-0.39, 0.29) is 24.7 Å². The van der Waals surface area contributed by atoms with E-state index in [9.17, 15) is 13.2 Å². The van der Waals surface area contributed by atoms with Crippen molar-refractivity contribution in [3.05, 3.63) is 53.4 Å². The normalized spacial score (nSPS) is 15.4. The van der Waals surface area contributed by atoms with Crippen molar-refractivity contribution in [3.8, 4) is 11.3 Å². The summed E-state index contributed by atoms with van der Waals surface area (Å²) in [5.74, 6) is -0.236. The third-order valence-corrected chi connectivity index (χ3v) is 9.14. The van der Waals surface area contributed by atoms with Gasteiger partial charge in [-0.2, -0.15) is 14.5 Å². The number of hydrogen-bond donors (Lipinski definition) is 0. The predicted molar refractivity (Wildman–Crippen MR) is 124 cm³/mol. The Balaban J connectivity index is 1.37. The summed E-state index contributed by atoms with van der Waals surface area (Å²) in [5, 5.41) is 10.7. The highest BCUT2D eigenvalue weighted by atomic mass is 32.2. The second kappa shape index (κ2) is 8.36. The summed E-state index contributed by atoms with van der Waals surface area (Å²) in [6.45, 7) is 5.90. The van der Waals surface area contributed by atoms with Gasteiger partial charge in [0.15, 0.2) is 11.3 Å². The van der Waals surface area contributed by atoms with Crippen LogP contribution in [0.25, 0.3) is 16.9 Å². The first-order valence-electron chi connectivity index (χ1n) is 10.6. The van der Waals surface area contributed by atoms with Crippen LogP contribution in [-0.4, -0.2) is 74.1 Å². The number of fused-ring (bicyclic) bond motifs is 1. The van der Waals surface area contributed by atoms with Crippen LogP contribution in [0.5, 0.6) is 0 Å². The maximum Gasteiger partial charge on any atom is 0.274 e. The standard InChI is InChI=1S/C21H23N7O3S2/c1-3-27-15(2)16(14-23-27)18-6-7-22-19-13-17(24-28(18)19)21(29)25-8-10-26(11-9-25)33(30,31)20-5-4-12-32-20/h4-7,12-14H,3,8-11H2,1-2H3. The van der Waals surface area contributed by atoms with Gasteiger partial charge in [0.1, 0.15) is 4.21 Å². The maximum absolute atomic E-state index is 13.2. The molecule has 1 amide bonds. The summed E-state index contributed by atoms with van der Waals surface area (Å²) in [7, 11) is -3.52. The highest BCUT2D eigenvalue weighted by Gasteiger charge is 2.31. The Kier molecular flexibility index (Phi) is 5.51. The molecule has 0 radical (unpaired) electrons. The number of hydrogen-bond acceptors (Lipinski definition) is 7. The average Bonchev–Trinajstić information content (AvgIpc) is 3.58. The van der Waals surface area contributed by atoms with Crippen molar-refractivity contribution in [1.82, 2.24) is 33.6 Å². The lowest BCUT2D eigenvalue weighted by Crippen LogP contribution is -2.50. The van der Waals surface area contributed by atoms with E-state index in [1.807, 2.05) is 24.6 Å².